The number of benzene rings is 2. The molecule has 4 rings (SSSR count). The number of amides is 2. The van der Waals surface area contributed by atoms with Crippen LogP contribution in [0.25, 0.3) is 22.2 Å². The molecule has 2 aromatic carbocycles. The first-order chi connectivity index (χ1) is 17.1. The maximum absolute atomic E-state index is 12.0. The Morgan fingerprint density at radius 2 is 2.00 bits per heavy atom. The van der Waals surface area contributed by atoms with Crippen molar-refractivity contribution in [3.8, 4) is 23.1 Å². The molecule has 8 heteroatoms. The van der Waals surface area contributed by atoms with Crippen LogP contribution in [0.5, 0.6) is 5.75 Å². The van der Waals surface area contributed by atoms with Gasteiger partial charge in [0.25, 0.3) is 0 Å². The number of urea groups is 1. The van der Waals surface area contributed by atoms with E-state index in [-0.39, 0.29) is 6.03 Å². The van der Waals surface area contributed by atoms with E-state index in [0.29, 0.717) is 30.9 Å². The molecular formula is C27H33N5O3. The molecule has 1 fully saturated rings. The molecule has 0 radical (unpaired) electrons. The highest BCUT2D eigenvalue weighted by Gasteiger charge is 2.19. The average molecular weight is 476 g/mol. The Balaban J connectivity index is 1.57. The van der Waals surface area contributed by atoms with Crippen LogP contribution in [0.15, 0.2) is 42.5 Å². The summed E-state index contributed by atoms with van der Waals surface area (Å²) in [6.07, 6.45) is 0.951. The molecule has 184 valence electrons. The van der Waals surface area contributed by atoms with Crippen LogP contribution < -0.4 is 15.4 Å². The average Bonchev–Trinajstić information content (AvgIpc) is 3.20. The zero-order valence-corrected chi connectivity index (χ0v) is 20.5. The maximum Gasteiger partial charge on any atom is 0.319 e. The van der Waals surface area contributed by atoms with Crippen molar-refractivity contribution in [2.24, 2.45) is 0 Å². The number of carbonyl (C=O) groups excluding carboxylic acids is 1. The number of anilines is 1. The Morgan fingerprint density at radius 1 is 1.17 bits per heavy atom. The molecule has 0 unspecified atom stereocenters. The van der Waals surface area contributed by atoms with Gasteiger partial charge in [-0.1, -0.05) is 12.1 Å². The molecule has 1 aromatic heterocycles. The predicted octanol–water partition coefficient (Wildman–Crippen LogP) is 4.44. The predicted molar refractivity (Wildman–Crippen MR) is 138 cm³/mol. The summed E-state index contributed by atoms with van der Waals surface area (Å²) in [6, 6.07) is 15.7. The summed E-state index contributed by atoms with van der Waals surface area (Å²) < 4.78 is 13.6. The van der Waals surface area contributed by atoms with Gasteiger partial charge in [0.1, 0.15) is 11.8 Å². The second-order valence-electron chi connectivity index (χ2n) is 8.48. The van der Waals surface area contributed by atoms with Gasteiger partial charge in [0.15, 0.2) is 0 Å². The van der Waals surface area contributed by atoms with Crippen molar-refractivity contribution in [1.29, 1.82) is 5.26 Å². The molecule has 3 aromatic rings. The fourth-order valence-corrected chi connectivity index (χ4v) is 4.54. The smallest absolute Gasteiger partial charge is 0.319 e. The number of nitrogens with one attached hydrogen (secondary N) is 2. The fourth-order valence-electron chi connectivity index (χ4n) is 4.54. The number of morpholine rings is 1. The first-order valence-electron chi connectivity index (χ1n) is 12.3. The zero-order valence-electron chi connectivity index (χ0n) is 20.5. The summed E-state index contributed by atoms with van der Waals surface area (Å²) in [5, 5.41) is 16.5. The molecule has 1 aliphatic rings. The molecule has 0 spiro atoms. The number of nitrogens with zero attached hydrogens (tertiary/aromatic N) is 3. The highest BCUT2D eigenvalue weighted by Crippen LogP contribution is 2.36. The number of carbonyl (C=O) groups is 1. The lowest BCUT2D eigenvalue weighted by Gasteiger charge is -2.26. The van der Waals surface area contributed by atoms with Crippen molar-refractivity contribution in [3.63, 3.8) is 0 Å². The quantitative estimate of drug-likeness (QED) is 0.447. The third-order valence-corrected chi connectivity index (χ3v) is 6.19. The number of hydrogen-bond acceptors (Lipinski definition) is 5. The molecule has 0 bridgehead atoms. The van der Waals surface area contributed by atoms with Crippen LogP contribution in [0.2, 0.25) is 0 Å². The summed E-state index contributed by atoms with van der Waals surface area (Å²) in [4.78, 5) is 14.4. The lowest BCUT2D eigenvalue weighted by molar-refractivity contribution is 0.0358. The number of fused-ring (bicyclic) bond motifs is 1. The Hall–Kier alpha value is -3.54. The van der Waals surface area contributed by atoms with Crippen molar-refractivity contribution in [2.45, 2.75) is 26.8 Å². The Morgan fingerprint density at radius 3 is 2.74 bits per heavy atom. The fraction of sp³-hybridized carbons (Fsp3) is 0.407. The van der Waals surface area contributed by atoms with E-state index < -0.39 is 0 Å². The summed E-state index contributed by atoms with van der Waals surface area (Å²) in [7, 11) is 0. The van der Waals surface area contributed by atoms with E-state index in [9.17, 15) is 10.1 Å². The van der Waals surface area contributed by atoms with Crippen LogP contribution in [0.3, 0.4) is 0 Å². The van der Waals surface area contributed by atoms with E-state index in [0.717, 1.165) is 67.2 Å². The number of hydrogen-bond donors (Lipinski definition) is 2. The van der Waals surface area contributed by atoms with Crippen LogP contribution in [-0.2, 0) is 11.3 Å². The lowest BCUT2D eigenvalue weighted by Crippen LogP contribution is -2.37. The highest BCUT2D eigenvalue weighted by molar-refractivity contribution is 5.96. The Kier molecular flexibility index (Phi) is 8.24. The van der Waals surface area contributed by atoms with Crippen molar-refractivity contribution >= 4 is 22.6 Å². The van der Waals surface area contributed by atoms with Gasteiger partial charge in [0.2, 0.25) is 0 Å². The summed E-state index contributed by atoms with van der Waals surface area (Å²) in [5.41, 5.74) is 3.98. The second kappa shape index (κ2) is 11.7. The third kappa shape index (κ3) is 5.76. The maximum atomic E-state index is 12.0. The molecule has 2 heterocycles. The lowest BCUT2D eigenvalue weighted by atomic mass is 10.1. The summed E-state index contributed by atoms with van der Waals surface area (Å²) in [6.45, 7) is 10.4. The van der Waals surface area contributed by atoms with Crippen molar-refractivity contribution in [2.75, 3.05) is 51.3 Å². The number of aromatic nitrogens is 1. The number of rotatable bonds is 9. The standard InChI is InChI=1S/C27H33N5O3/c1-3-29-27(33)30-21-8-5-7-20(17-21)26-24(19-28)23-10-9-22(18-25(23)32(26)4-2)35-14-6-11-31-12-15-34-16-13-31/h5,7-10,17-18H,3-4,6,11-16H2,1-2H3,(H2,29,30,33). The summed E-state index contributed by atoms with van der Waals surface area (Å²) >= 11 is 0. The molecule has 2 N–H and O–H groups in total. The number of aryl methyl sites for hydroxylation is 1. The van der Waals surface area contributed by atoms with E-state index in [1.165, 1.54) is 0 Å². The monoisotopic (exact) mass is 475 g/mol. The van der Waals surface area contributed by atoms with Gasteiger partial charge in [0.05, 0.1) is 36.6 Å². The molecule has 1 aliphatic heterocycles. The molecule has 0 aliphatic carbocycles. The molecule has 35 heavy (non-hydrogen) atoms. The van der Waals surface area contributed by atoms with Gasteiger partial charge in [-0.05, 0) is 44.5 Å². The van der Waals surface area contributed by atoms with E-state index in [1.807, 2.05) is 49.4 Å². The van der Waals surface area contributed by atoms with Gasteiger partial charge >= 0.3 is 6.03 Å². The molecule has 0 atom stereocenters. The number of ether oxygens (including phenoxy) is 2. The van der Waals surface area contributed by atoms with Crippen LogP contribution in [0.4, 0.5) is 10.5 Å². The zero-order chi connectivity index (χ0) is 24.6. The summed E-state index contributed by atoms with van der Waals surface area (Å²) in [5.74, 6) is 0.800. The van der Waals surface area contributed by atoms with Gasteiger partial charge < -0.3 is 24.7 Å². The molecule has 1 saturated heterocycles. The minimum Gasteiger partial charge on any atom is -0.493 e. The van der Waals surface area contributed by atoms with Gasteiger partial charge in [0, 0.05) is 55.4 Å². The van der Waals surface area contributed by atoms with Crippen molar-refractivity contribution in [3.05, 3.63) is 48.0 Å². The topological polar surface area (TPSA) is 91.6 Å². The van der Waals surface area contributed by atoms with E-state index >= 15 is 0 Å². The Bertz CT molecular complexity index is 1210. The van der Waals surface area contributed by atoms with Crippen LogP contribution in [0.1, 0.15) is 25.8 Å². The van der Waals surface area contributed by atoms with Gasteiger partial charge in [-0.2, -0.15) is 5.26 Å². The van der Waals surface area contributed by atoms with E-state index in [2.05, 4.69) is 33.1 Å². The minimum absolute atomic E-state index is 0.253. The second-order valence-corrected chi connectivity index (χ2v) is 8.48. The largest absolute Gasteiger partial charge is 0.493 e. The van der Waals surface area contributed by atoms with Crippen LogP contribution >= 0.6 is 0 Å². The van der Waals surface area contributed by atoms with Gasteiger partial charge in [-0.15, -0.1) is 0 Å². The van der Waals surface area contributed by atoms with Gasteiger partial charge in [-0.3, -0.25) is 4.90 Å². The molecule has 8 nitrogen and oxygen atoms in total. The van der Waals surface area contributed by atoms with E-state index in [4.69, 9.17) is 9.47 Å². The third-order valence-electron chi connectivity index (χ3n) is 6.19. The minimum atomic E-state index is -0.253. The van der Waals surface area contributed by atoms with Crippen LogP contribution in [0, 0.1) is 11.3 Å². The van der Waals surface area contributed by atoms with Gasteiger partial charge in [-0.25, -0.2) is 4.79 Å². The molecule has 2 amide bonds. The molecule has 0 saturated carbocycles. The van der Waals surface area contributed by atoms with E-state index in [1.54, 1.807) is 0 Å². The van der Waals surface area contributed by atoms with Crippen molar-refractivity contribution < 1.29 is 14.3 Å². The first kappa shape index (κ1) is 24.6. The first-order valence-corrected chi connectivity index (χ1v) is 12.3. The number of nitriles is 1. The SMILES string of the molecule is CCNC(=O)Nc1cccc(-c2c(C#N)c3ccc(OCCCN4CCOCC4)cc3n2CC)c1. The Labute approximate surface area is 206 Å². The highest BCUT2D eigenvalue weighted by atomic mass is 16.5. The van der Waals surface area contributed by atoms with Crippen molar-refractivity contribution in [1.82, 2.24) is 14.8 Å². The molecular weight excluding hydrogens is 442 g/mol. The van der Waals surface area contributed by atoms with Crippen LogP contribution in [-0.4, -0.2) is 61.5 Å². The normalized spacial score (nSPS) is 14.0.